The molecule has 0 spiro atoms. The van der Waals surface area contributed by atoms with Crippen LogP contribution in [0.2, 0.25) is 0 Å². The summed E-state index contributed by atoms with van der Waals surface area (Å²) in [6.07, 6.45) is 0.708. The second kappa shape index (κ2) is 6.62. The highest BCUT2D eigenvalue weighted by Crippen LogP contribution is 2.26. The molecule has 0 aromatic heterocycles. The highest BCUT2D eigenvalue weighted by molar-refractivity contribution is 9.10. The normalized spacial score (nSPS) is 13.1. The van der Waals surface area contributed by atoms with E-state index < -0.39 is 0 Å². The third-order valence-corrected chi connectivity index (χ3v) is 3.85. The van der Waals surface area contributed by atoms with Crippen molar-refractivity contribution in [3.8, 4) is 5.75 Å². The number of amides is 1. The number of nitrogens with one attached hydrogen (secondary N) is 1. The molecule has 1 unspecified atom stereocenters. The van der Waals surface area contributed by atoms with Crippen molar-refractivity contribution in [2.45, 2.75) is 33.2 Å². The van der Waals surface area contributed by atoms with Crippen LogP contribution in [0.15, 0.2) is 22.7 Å². The molecule has 1 rings (SSSR count). The lowest BCUT2D eigenvalue weighted by molar-refractivity contribution is 0.0900. The fourth-order valence-electron chi connectivity index (χ4n) is 1.73. The van der Waals surface area contributed by atoms with Crippen LogP contribution in [-0.4, -0.2) is 22.9 Å². The van der Waals surface area contributed by atoms with E-state index in [0.717, 1.165) is 0 Å². The van der Waals surface area contributed by atoms with Crippen molar-refractivity contribution < 1.29 is 9.90 Å². The van der Waals surface area contributed by atoms with Crippen LogP contribution in [0.1, 0.15) is 37.6 Å². The van der Waals surface area contributed by atoms with Crippen LogP contribution in [-0.2, 0) is 0 Å². The van der Waals surface area contributed by atoms with Gasteiger partial charge in [-0.05, 0) is 46.0 Å². The number of halogens is 2. The summed E-state index contributed by atoms with van der Waals surface area (Å²) >= 11 is 8.97. The van der Waals surface area contributed by atoms with Crippen molar-refractivity contribution in [3.05, 3.63) is 28.2 Å². The van der Waals surface area contributed by atoms with E-state index in [9.17, 15) is 9.90 Å². The number of hydrogen-bond donors (Lipinski definition) is 2. The summed E-state index contributed by atoms with van der Waals surface area (Å²) in [4.78, 5) is 12.2. The summed E-state index contributed by atoms with van der Waals surface area (Å²) in [7, 11) is 0. The molecule has 0 fully saturated rings. The van der Waals surface area contributed by atoms with Gasteiger partial charge in [-0.2, -0.15) is 0 Å². The van der Waals surface area contributed by atoms with Gasteiger partial charge in [-0.3, -0.25) is 4.79 Å². The van der Waals surface area contributed by atoms with E-state index in [4.69, 9.17) is 11.6 Å². The molecule has 1 atom stereocenters. The van der Waals surface area contributed by atoms with E-state index in [0.29, 0.717) is 22.3 Å². The van der Waals surface area contributed by atoms with Crippen molar-refractivity contribution in [1.82, 2.24) is 5.32 Å². The fourth-order valence-corrected chi connectivity index (χ4v) is 2.19. The maximum atomic E-state index is 12.2. The summed E-state index contributed by atoms with van der Waals surface area (Å²) in [5.74, 6) is 0.346. The fraction of sp³-hybridized carbons (Fsp3) is 0.500. The molecule has 3 nitrogen and oxygen atoms in total. The standard InChI is InChI=1S/C14H19BrClNO2/c1-14(2,3)12(6-7-16)17-13(19)9-4-5-10(15)11(18)8-9/h4-5,8,12,18H,6-7H2,1-3H3,(H,17,19). The Morgan fingerprint density at radius 1 is 1.47 bits per heavy atom. The molecule has 1 aromatic rings. The maximum Gasteiger partial charge on any atom is 0.251 e. The summed E-state index contributed by atoms with van der Waals surface area (Å²) in [6.45, 7) is 6.18. The minimum atomic E-state index is -0.201. The van der Waals surface area contributed by atoms with Crippen molar-refractivity contribution in [1.29, 1.82) is 0 Å². The Balaban J connectivity index is 2.84. The first kappa shape index (κ1) is 16.3. The zero-order valence-electron chi connectivity index (χ0n) is 11.3. The van der Waals surface area contributed by atoms with Crippen LogP contribution in [0.3, 0.4) is 0 Å². The highest BCUT2D eigenvalue weighted by Gasteiger charge is 2.26. The maximum absolute atomic E-state index is 12.2. The molecule has 19 heavy (non-hydrogen) atoms. The van der Waals surface area contributed by atoms with E-state index in [1.54, 1.807) is 12.1 Å². The first-order valence-electron chi connectivity index (χ1n) is 6.11. The van der Waals surface area contributed by atoms with E-state index in [-0.39, 0.29) is 23.1 Å². The quantitative estimate of drug-likeness (QED) is 0.810. The molecule has 0 radical (unpaired) electrons. The lowest BCUT2D eigenvalue weighted by atomic mass is 9.85. The third kappa shape index (κ3) is 4.69. The molecule has 0 aliphatic rings. The van der Waals surface area contributed by atoms with Crippen molar-refractivity contribution in [3.63, 3.8) is 0 Å². The second-order valence-corrected chi connectivity index (χ2v) is 6.77. The van der Waals surface area contributed by atoms with Crippen molar-refractivity contribution in [2.24, 2.45) is 5.41 Å². The number of rotatable bonds is 4. The van der Waals surface area contributed by atoms with Gasteiger partial charge in [0, 0.05) is 17.5 Å². The Bertz CT molecular complexity index is 457. The number of carbonyl (C=O) groups is 1. The van der Waals surface area contributed by atoms with Gasteiger partial charge in [0.25, 0.3) is 5.91 Å². The molecule has 0 saturated carbocycles. The van der Waals surface area contributed by atoms with Crippen LogP contribution in [0, 0.1) is 5.41 Å². The Hall–Kier alpha value is -0.740. The topological polar surface area (TPSA) is 49.3 Å². The minimum Gasteiger partial charge on any atom is -0.507 e. The van der Waals surface area contributed by atoms with Gasteiger partial charge in [0.1, 0.15) is 5.75 Å². The lowest BCUT2D eigenvalue weighted by Crippen LogP contribution is -2.44. The first-order valence-corrected chi connectivity index (χ1v) is 7.44. The number of carbonyl (C=O) groups excluding carboxylic acids is 1. The summed E-state index contributed by atoms with van der Waals surface area (Å²) in [5, 5.41) is 12.6. The highest BCUT2D eigenvalue weighted by atomic mass is 79.9. The number of hydrogen-bond acceptors (Lipinski definition) is 2. The number of benzene rings is 1. The van der Waals surface area contributed by atoms with Crippen molar-refractivity contribution in [2.75, 3.05) is 5.88 Å². The monoisotopic (exact) mass is 347 g/mol. The van der Waals surface area contributed by atoms with E-state index in [1.165, 1.54) is 6.07 Å². The molecular formula is C14H19BrClNO2. The predicted molar refractivity (Wildman–Crippen MR) is 81.9 cm³/mol. The van der Waals surface area contributed by atoms with Crippen LogP contribution < -0.4 is 5.32 Å². The number of phenols is 1. The van der Waals surface area contributed by atoms with Gasteiger partial charge in [0.15, 0.2) is 0 Å². The van der Waals surface area contributed by atoms with Crippen LogP contribution in [0.5, 0.6) is 5.75 Å². The van der Waals surface area contributed by atoms with Gasteiger partial charge < -0.3 is 10.4 Å². The lowest BCUT2D eigenvalue weighted by Gasteiger charge is -2.31. The Labute approximate surface area is 127 Å². The van der Waals surface area contributed by atoms with E-state index in [2.05, 4.69) is 42.0 Å². The average Bonchev–Trinajstić information content (AvgIpc) is 2.30. The number of alkyl halides is 1. The second-order valence-electron chi connectivity index (χ2n) is 5.54. The molecule has 0 aliphatic heterocycles. The molecule has 106 valence electrons. The molecule has 5 heteroatoms. The SMILES string of the molecule is CC(C)(C)C(CCCl)NC(=O)c1ccc(Br)c(O)c1. The Morgan fingerprint density at radius 2 is 2.11 bits per heavy atom. The third-order valence-electron chi connectivity index (χ3n) is 2.96. The average molecular weight is 349 g/mol. The van der Waals surface area contributed by atoms with Gasteiger partial charge in [0.05, 0.1) is 4.47 Å². The Morgan fingerprint density at radius 3 is 2.58 bits per heavy atom. The van der Waals surface area contributed by atoms with Crippen molar-refractivity contribution >= 4 is 33.4 Å². The number of aromatic hydroxyl groups is 1. The Kier molecular flexibility index (Phi) is 5.68. The minimum absolute atomic E-state index is 0.0108. The molecule has 0 saturated heterocycles. The molecule has 0 bridgehead atoms. The van der Waals surface area contributed by atoms with Gasteiger partial charge >= 0.3 is 0 Å². The summed E-state index contributed by atoms with van der Waals surface area (Å²) in [5.41, 5.74) is 0.367. The van der Waals surface area contributed by atoms with Crippen LogP contribution in [0.4, 0.5) is 0 Å². The summed E-state index contributed by atoms with van der Waals surface area (Å²) < 4.78 is 0.567. The molecular weight excluding hydrogens is 330 g/mol. The zero-order valence-corrected chi connectivity index (χ0v) is 13.7. The molecule has 0 aliphatic carbocycles. The first-order chi connectivity index (χ1) is 8.75. The number of phenolic OH excluding ortho intramolecular Hbond substituents is 1. The summed E-state index contributed by atoms with van der Waals surface area (Å²) in [6, 6.07) is 4.75. The van der Waals surface area contributed by atoms with Gasteiger partial charge in [-0.25, -0.2) is 0 Å². The molecule has 2 N–H and O–H groups in total. The molecule has 0 heterocycles. The largest absolute Gasteiger partial charge is 0.507 e. The van der Waals surface area contributed by atoms with E-state index in [1.807, 2.05) is 0 Å². The van der Waals surface area contributed by atoms with Gasteiger partial charge in [0.2, 0.25) is 0 Å². The molecule has 1 amide bonds. The van der Waals surface area contributed by atoms with Gasteiger partial charge in [-0.1, -0.05) is 20.8 Å². The van der Waals surface area contributed by atoms with E-state index >= 15 is 0 Å². The van der Waals surface area contributed by atoms with Gasteiger partial charge in [-0.15, -0.1) is 11.6 Å². The smallest absolute Gasteiger partial charge is 0.251 e. The van der Waals surface area contributed by atoms with Crippen LogP contribution in [0.25, 0.3) is 0 Å². The molecule has 1 aromatic carbocycles. The zero-order chi connectivity index (χ0) is 14.6. The predicted octanol–water partition coefficient (Wildman–Crippen LogP) is 3.93. The van der Waals surface area contributed by atoms with Crippen LogP contribution >= 0.6 is 27.5 Å².